The number of aryl methyl sites for hydroxylation is 1. The van der Waals surface area contributed by atoms with E-state index in [0.29, 0.717) is 12.2 Å². The highest BCUT2D eigenvalue weighted by Crippen LogP contribution is 2.26. The van der Waals surface area contributed by atoms with Crippen molar-refractivity contribution in [1.82, 2.24) is 10.0 Å². The lowest BCUT2D eigenvalue weighted by atomic mass is 10.0. The number of benzene rings is 1. The summed E-state index contributed by atoms with van der Waals surface area (Å²) in [4.78, 5) is 23.8. The predicted molar refractivity (Wildman–Crippen MR) is 113 cm³/mol. The molecule has 1 fully saturated rings. The van der Waals surface area contributed by atoms with Gasteiger partial charge < -0.3 is 4.74 Å². The van der Waals surface area contributed by atoms with Crippen molar-refractivity contribution in [2.45, 2.75) is 25.6 Å². The Kier molecular flexibility index (Phi) is 5.89. The van der Waals surface area contributed by atoms with Gasteiger partial charge in [0.2, 0.25) is 0 Å². The van der Waals surface area contributed by atoms with Crippen molar-refractivity contribution >= 4 is 32.7 Å². The van der Waals surface area contributed by atoms with E-state index in [4.69, 9.17) is 14.6 Å². The van der Waals surface area contributed by atoms with E-state index in [1.165, 1.54) is 5.06 Å². The third kappa shape index (κ3) is 4.47. The van der Waals surface area contributed by atoms with Crippen LogP contribution in [0.25, 0.3) is 22.2 Å². The maximum Gasteiger partial charge on any atom is 0.278 e. The van der Waals surface area contributed by atoms with Gasteiger partial charge in [-0.05, 0) is 31.0 Å². The Bertz CT molecular complexity index is 1030. The average Bonchev–Trinajstić information content (AvgIpc) is 2.74. The number of halogens is 1. The quantitative estimate of drug-likeness (QED) is 0.439. The monoisotopic (exact) mass is 456 g/mol. The number of rotatable bonds is 4. The lowest BCUT2D eigenvalue weighted by Crippen LogP contribution is -2.35. The van der Waals surface area contributed by atoms with Gasteiger partial charge in [-0.1, -0.05) is 28.1 Å². The Hall–Kier alpha value is -2.35. The first kappa shape index (κ1) is 19.9. The van der Waals surface area contributed by atoms with Crippen LogP contribution in [0.15, 0.2) is 53.3 Å². The Morgan fingerprint density at radius 3 is 2.79 bits per heavy atom. The molecule has 1 aliphatic rings. The first-order valence-electron chi connectivity index (χ1n) is 9.64. The number of hydroxylamine groups is 2. The molecule has 3 aromatic rings. The maximum absolute atomic E-state index is 13.3. The van der Waals surface area contributed by atoms with Crippen LogP contribution in [0.5, 0.6) is 0 Å². The zero-order valence-electron chi connectivity index (χ0n) is 16.5. The van der Waals surface area contributed by atoms with Crippen LogP contribution in [-0.2, 0) is 16.6 Å². The van der Waals surface area contributed by atoms with Crippen molar-refractivity contribution in [3.05, 3.63) is 58.8 Å². The summed E-state index contributed by atoms with van der Waals surface area (Å²) in [6, 6.07) is 11.6. The number of aromatic nitrogens is 2. The van der Waals surface area contributed by atoms with Gasteiger partial charge >= 0.3 is 0 Å². The predicted octanol–water partition coefficient (Wildman–Crippen LogP) is 4.02. The highest BCUT2D eigenvalue weighted by Gasteiger charge is 2.24. The zero-order valence-corrected chi connectivity index (χ0v) is 18.1. The van der Waals surface area contributed by atoms with Crippen molar-refractivity contribution in [1.29, 1.82) is 0 Å². The molecule has 29 heavy (non-hydrogen) atoms. The summed E-state index contributed by atoms with van der Waals surface area (Å²) in [6.45, 7) is 0.661. The Morgan fingerprint density at radius 1 is 1.28 bits per heavy atom. The van der Waals surface area contributed by atoms with Gasteiger partial charge in [0.25, 0.3) is 5.91 Å². The van der Waals surface area contributed by atoms with E-state index in [-0.39, 0.29) is 12.2 Å². The largest absolute Gasteiger partial charge is 0.350 e. The molecule has 0 N–H and O–H groups in total. The molecule has 1 unspecified atom stereocenters. The second-order valence-electron chi connectivity index (χ2n) is 7.18. The molecule has 4 rings (SSSR count). The summed E-state index contributed by atoms with van der Waals surface area (Å²) < 4.78 is 8.51. The van der Waals surface area contributed by atoms with Crippen molar-refractivity contribution in [2.75, 3.05) is 13.7 Å². The van der Waals surface area contributed by atoms with Crippen LogP contribution in [0.2, 0.25) is 0 Å². The number of fused-ring (bicyclic) bond motifs is 1. The molecule has 1 atom stereocenters. The van der Waals surface area contributed by atoms with Gasteiger partial charge in [-0.25, -0.2) is 19.5 Å². The minimum absolute atomic E-state index is 0.226. The lowest BCUT2D eigenvalue weighted by Gasteiger charge is -2.27. The van der Waals surface area contributed by atoms with Crippen molar-refractivity contribution in [2.24, 2.45) is 7.05 Å². The van der Waals surface area contributed by atoms with Gasteiger partial charge in [-0.2, -0.15) is 0 Å². The molecular weight excluding hydrogens is 434 g/mol. The molecule has 150 valence electrons. The summed E-state index contributed by atoms with van der Waals surface area (Å²) in [5, 5.41) is 2.06. The molecule has 0 spiro atoms. The highest BCUT2D eigenvalue weighted by atomic mass is 79.9. The molecule has 0 radical (unpaired) electrons. The Balaban J connectivity index is 1.73. The van der Waals surface area contributed by atoms with Crippen LogP contribution >= 0.6 is 15.9 Å². The Morgan fingerprint density at radius 2 is 2.07 bits per heavy atom. The molecule has 1 aliphatic heterocycles. The molecule has 1 saturated heterocycles. The lowest BCUT2D eigenvalue weighted by molar-refractivity contribution is -0.670. The van der Waals surface area contributed by atoms with E-state index in [1.54, 1.807) is 7.05 Å². The number of ether oxygens (including phenoxy) is 1. The van der Waals surface area contributed by atoms with Gasteiger partial charge in [0.1, 0.15) is 7.05 Å². The fourth-order valence-corrected chi connectivity index (χ4v) is 3.67. The molecule has 3 heterocycles. The number of hydrogen-bond donors (Lipinski definition) is 0. The van der Waals surface area contributed by atoms with E-state index in [9.17, 15) is 4.79 Å². The third-order valence-electron chi connectivity index (χ3n) is 4.96. The Labute approximate surface area is 178 Å². The highest BCUT2D eigenvalue weighted by molar-refractivity contribution is 9.10. The van der Waals surface area contributed by atoms with Crippen LogP contribution in [0.3, 0.4) is 0 Å². The van der Waals surface area contributed by atoms with Gasteiger partial charge in [0.15, 0.2) is 18.7 Å². The molecule has 2 aromatic heterocycles. The van der Waals surface area contributed by atoms with Gasteiger partial charge in [0, 0.05) is 36.2 Å². The van der Waals surface area contributed by atoms with E-state index in [0.717, 1.165) is 45.9 Å². The normalized spacial score (nSPS) is 16.7. The molecular formula is C22H23BrN3O3+. The summed E-state index contributed by atoms with van der Waals surface area (Å²) >= 11 is 3.46. The fourth-order valence-electron chi connectivity index (χ4n) is 3.41. The number of amides is 1. The number of pyridine rings is 2. The van der Waals surface area contributed by atoms with Crippen molar-refractivity contribution in [3.8, 4) is 11.3 Å². The first-order valence-corrected chi connectivity index (χ1v) is 10.4. The standard InChI is InChI=1S/C22H23BrN3O3/c1-25-11-10-19-18(14-25)17(13-20(24-19)15-6-8-16(23)9-7-15)22(27)26(2)29-21-5-3-4-12-28-21/h6-11,13-14,21H,3-5,12H2,1-2H3/q+1. The molecule has 1 aromatic carbocycles. The van der Waals surface area contributed by atoms with Gasteiger partial charge in [0.05, 0.1) is 22.2 Å². The topological polar surface area (TPSA) is 55.5 Å². The zero-order chi connectivity index (χ0) is 20.4. The van der Waals surface area contributed by atoms with E-state index < -0.39 is 0 Å². The molecule has 7 heteroatoms. The average molecular weight is 457 g/mol. The van der Waals surface area contributed by atoms with Crippen molar-refractivity contribution < 1.29 is 18.9 Å². The summed E-state index contributed by atoms with van der Waals surface area (Å²) in [5.41, 5.74) is 2.98. The van der Waals surface area contributed by atoms with Gasteiger partial charge in [-0.3, -0.25) is 4.79 Å². The second-order valence-corrected chi connectivity index (χ2v) is 8.09. The number of carbonyl (C=O) groups excluding carboxylic acids is 1. The molecule has 6 nitrogen and oxygen atoms in total. The molecule has 0 aliphatic carbocycles. The van der Waals surface area contributed by atoms with E-state index in [1.807, 2.05) is 60.4 Å². The number of hydrogen-bond acceptors (Lipinski definition) is 4. The summed E-state index contributed by atoms with van der Waals surface area (Å²) in [6.07, 6.45) is 6.30. The number of carbonyl (C=O) groups is 1. The smallest absolute Gasteiger partial charge is 0.278 e. The van der Waals surface area contributed by atoms with Crippen LogP contribution < -0.4 is 4.57 Å². The van der Waals surface area contributed by atoms with Crippen LogP contribution in [0, 0.1) is 0 Å². The van der Waals surface area contributed by atoms with E-state index in [2.05, 4.69) is 15.9 Å². The summed E-state index contributed by atoms with van der Waals surface area (Å²) in [7, 11) is 3.56. The second kappa shape index (κ2) is 8.57. The van der Waals surface area contributed by atoms with E-state index >= 15 is 0 Å². The summed E-state index contributed by atoms with van der Waals surface area (Å²) in [5.74, 6) is -0.226. The SMILES string of the molecule is CN(OC1CCCCO1)C(=O)c1cc(-c2ccc(Br)cc2)nc2cc[n+](C)cc12. The van der Waals surface area contributed by atoms with Crippen molar-refractivity contribution in [3.63, 3.8) is 0 Å². The molecule has 1 amide bonds. The third-order valence-corrected chi connectivity index (χ3v) is 5.49. The minimum Gasteiger partial charge on any atom is -0.350 e. The van der Waals surface area contributed by atoms with Crippen LogP contribution in [0.1, 0.15) is 29.6 Å². The van der Waals surface area contributed by atoms with Crippen LogP contribution in [0.4, 0.5) is 0 Å². The maximum atomic E-state index is 13.3. The molecule has 0 bridgehead atoms. The first-order chi connectivity index (χ1) is 14.0. The van der Waals surface area contributed by atoms with Gasteiger partial charge in [-0.15, -0.1) is 0 Å². The fraction of sp³-hybridized carbons (Fsp3) is 0.318. The molecule has 0 saturated carbocycles. The number of nitrogens with zero attached hydrogens (tertiary/aromatic N) is 3. The van der Waals surface area contributed by atoms with Crippen LogP contribution in [-0.4, -0.2) is 35.9 Å². The minimum atomic E-state index is -0.382.